The van der Waals surface area contributed by atoms with Crippen LogP contribution in [0.4, 0.5) is 0 Å². The molecule has 66 valence electrons. The third-order valence-corrected chi connectivity index (χ3v) is 2.31. The van der Waals surface area contributed by atoms with Gasteiger partial charge in [-0.15, -0.1) is 0 Å². The van der Waals surface area contributed by atoms with Crippen molar-refractivity contribution in [1.29, 1.82) is 0 Å². The van der Waals surface area contributed by atoms with Crippen molar-refractivity contribution in [2.24, 2.45) is 11.1 Å². The third-order valence-electron chi connectivity index (χ3n) is 2.31. The summed E-state index contributed by atoms with van der Waals surface area (Å²) in [4.78, 5) is 10.2. The lowest BCUT2D eigenvalue weighted by Crippen LogP contribution is -2.04. The van der Waals surface area contributed by atoms with Crippen molar-refractivity contribution in [3.8, 4) is 0 Å². The zero-order valence-electron chi connectivity index (χ0n) is 7.84. The zero-order valence-corrected chi connectivity index (χ0v) is 7.84. The summed E-state index contributed by atoms with van der Waals surface area (Å²) < 4.78 is 0. The highest BCUT2D eigenvalue weighted by molar-refractivity contribution is 4.64. The molecule has 0 aromatic rings. The summed E-state index contributed by atoms with van der Waals surface area (Å²) in [7, 11) is 0. The Morgan fingerprint density at radius 3 is 2.18 bits per heavy atom. The smallest absolute Gasteiger partial charge is 0.0917 e. The van der Waals surface area contributed by atoms with E-state index in [0.717, 1.165) is 25.2 Å². The standard InChI is InChI=1S/C9H19NO/c1-4-8(3)6-7-9(5-2)10-11/h8-9H,4-7H2,1-3H3. The first-order valence-electron chi connectivity index (χ1n) is 4.57. The van der Waals surface area contributed by atoms with Crippen LogP contribution >= 0.6 is 0 Å². The van der Waals surface area contributed by atoms with Gasteiger partial charge in [0.15, 0.2) is 0 Å². The second-order valence-electron chi connectivity index (χ2n) is 3.26. The molecule has 0 spiro atoms. The van der Waals surface area contributed by atoms with Gasteiger partial charge in [0.05, 0.1) is 6.04 Å². The molecule has 0 aromatic carbocycles. The molecule has 0 radical (unpaired) electrons. The topological polar surface area (TPSA) is 29.4 Å². The highest BCUT2D eigenvalue weighted by Gasteiger charge is 2.07. The van der Waals surface area contributed by atoms with Crippen molar-refractivity contribution >= 4 is 0 Å². The van der Waals surface area contributed by atoms with Crippen LogP contribution in [0, 0.1) is 10.8 Å². The van der Waals surface area contributed by atoms with E-state index in [9.17, 15) is 4.91 Å². The van der Waals surface area contributed by atoms with Gasteiger partial charge >= 0.3 is 0 Å². The van der Waals surface area contributed by atoms with E-state index in [-0.39, 0.29) is 6.04 Å². The molecule has 2 heteroatoms. The molecular formula is C9H19NO. The average molecular weight is 157 g/mol. The van der Waals surface area contributed by atoms with Gasteiger partial charge in [-0.1, -0.05) is 32.4 Å². The first-order chi connectivity index (χ1) is 5.24. The quantitative estimate of drug-likeness (QED) is 0.543. The van der Waals surface area contributed by atoms with Gasteiger partial charge < -0.3 is 0 Å². The second-order valence-corrected chi connectivity index (χ2v) is 3.26. The first-order valence-corrected chi connectivity index (χ1v) is 4.57. The Labute approximate surface area is 69.4 Å². The normalized spacial score (nSPS) is 15.9. The highest BCUT2D eigenvalue weighted by Crippen LogP contribution is 2.14. The Kier molecular flexibility index (Phi) is 6.09. The van der Waals surface area contributed by atoms with Crippen LogP contribution in [0.2, 0.25) is 0 Å². The Bertz CT molecular complexity index is 104. The maximum atomic E-state index is 10.2. The Morgan fingerprint density at radius 2 is 1.82 bits per heavy atom. The zero-order chi connectivity index (χ0) is 8.69. The fraction of sp³-hybridized carbons (Fsp3) is 1.00. The van der Waals surface area contributed by atoms with Crippen LogP contribution in [-0.4, -0.2) is 6.04 Å². The van der Waals surface area contributed by atoms with E-state index in [2.05, 4.69) is 19.0 Å². The van der Waals surface area contributed by atoms with Gasteiger partial charge in [-0.3, -0.25) is 0 Å². The van der Waals surface area contributed by atoms with Crippen LogP contribution in [0.15, 0.2) is 5.18 Å². The van der Waals surface area contributed by atoms with Gasteiger partial charge in [0.1, 0.15) is 0 Å². The number of hydrogen-bond donors (Lipinski definition) is 0. The molecular weight excluding hydrogens is 138 g/mol. The summed E-state index contributed by atoms with van der Waals surface area (Å²) in [6.45, 7) is 6.42. The minimum atomic E-state index is 0.0593. The molecule has 0 amide bonds. The molecule has 0 saturated carbocycles. The molecule has 0 fully saturated rings. The van der Waals surface area contributed by atoms with Crippen LogP contribution in [0.1, 0.15) is 46.5 Å². The number of rotatable bonds is 6. The van der Waals surface area contributed by atoms with Gasteiger partial charge in [-0.05, 0) is 25.2 Å². The van der Waals surface area contributed by atoms with Crippen molar-refractivity contribution in [2.45, 2.75) is 52.5 Å². The molecule has 0 heterocycles. The first kappa shape index (κ1) is 10.6. The predicted octanol–water partition coefficient (Wildman–Crippen LogP) is 3.36. The third kappa shape index (κ3) is 4.93. The van der Waals surface area contributed by atoms with E-state index in [1.165, 1.54) is 6.42 Å². The van der Waals surface area contributed by atoms with E-state index in [1.54, 1.807) is 0 Å². The maximum Gasteiger partial charge on any atom is 0.0917 e. The van der Waals surface area contributed by atoms with Crippen LogP contribution in [-0.2, 0) is 0 Å². The largest absolute Gasteiger partial charge is 0.151 e. The minimum Gasteiger partial charge on any atom is -0.151 e. The summed E-state index contributed by atoms with van der Waals surface area (Å²) in [5.41, 5.74) is 0. The fourth-order valence-corrected chi connectivity index (χ4v) is 1.01. The monoisotopic (exact) mass is 157 g/mol. The summed E-state index contributed by atoms with van der Waals surface area (Å²) >= 11 is 0. The van der Waals surface area contributed by atoms with E-state index in [1.807, 2.05) is 6.92 Å². The average Bonchev–Trinajstić information content (AvgIpc) is 2.06. The SMILES string of the molecule is CCC(C)CCC(CC)N=O. The van der Waals surface area contributed by atoms with Gasteiger partial charge in [-0.25, -0.2) is 0 Å². The molecule has 0 aliphatic carbocycles. The van der Waals surface area contributed by atoms with Crippen molar-refractivity contribution in [3.63, 3.8) is 0 Å². The molecule has 0 bridgehead atoms. The minimum absolute atomic E-state index is 0.0593. The predicted molar refractivity (Wildman–Crippen MR) is 48.6 cm³/mol. The van der Waals surface area contributed by atoms with E-state index >= 15 is 0 Å². The summed E-state index contributed by atoms with van der Waals surface area (Å²) in [6.07, 6.45) is 4.20. The van der Waals surface area contributed by atoms with Crippen LogP contribution in [0.25, 0.3) is 0 Å². The van der Waals surface area contributed by atoms with Crippen LogP contribution < -0.4 is 0 Å². The highest BCUT2D eigenvalue weighted by atomic mass is 16.3. The summed E-state index contributed by atoms with van der Waals surface area (Å²) in [5.74, 6) is 0.741. The van der Waals surface area contributed by atoms with Crippen molar-refractivity contribution in [1.82, 2.24) is 0 Å². The fourth-order valence-electron chi connectivity index (χ4n) is 1.01. The van der Waals surface area contributed by atoms with E-state index in [4.69, 9.17) is 0 Å². The molecule has 0 saturated heterocycles. The molecule has 0 aliphatic rings. The van der Waals surface area contributed by atoms with E-state index < -0.39 is 0 Å². The molecule has 11 heavy (non-hydrogen) atoms. The lowest BCUT2D eigenvalue weighted by molar-refractivity contribution is 0.452. The second kappa shape index (κ2) is 6.32. The molecule has 0 aromatic heterocycles. The van der Waals surface area contributed by atoms with E-state index in [0.29, 0.717) is 0 Å². The van der Waals surface area contributed by atoms with Gasteiger partial charge in [0.2, 0.25) is 0 Å². The number of hydrogen-bond acceptors (Lipinski definition) is 2. The van der Waals surface area contributed by atoms with Gasteiger partial charge in [0.25, 0.3) is 0 Å². The molecule has 0 aliphatic heterocycles. The molecule has 2 atom stereocenters. The molecule has 0 rings (SSSR count). The van der Waals surface area contributed by atoms with Crippen molar-refractivity contribution < 1.29 is 0 Å². The van der Waals surface area contributed by atoms with Crippen molar-refractivity contribution in [3.05, 3.63) is 4.91 Å². The van der Waals surface area contributed by atoms with Crippen LogP contribution in [0.3, 0.4) is 0 Å². The summed E-state index contributed by atoms with van der Waals surface area (Å²) in [6, 6.07) is 0.0593. The lowest BCUT2D eigenvalue weighted by atomic mass is 9.99. The van der Waals surface area contributed by atoms with Crippen LogP contribution in [0.5, 0.6) is 0 Å². The molecule has 2 nitrogen and oxygen atoms in total. The molecule has 2 unspecified atom stereocenters. The Hall–Kier alpha value is -0.400. The van der Waals surface area contributed by atoms with Crippen molar-refractivity contribution in [2.75, 3.05) is 0 Å². The Morgan fingerprint density at radius 1 is 1.18 bits per heavy atom. The lowest BCUT2D eigenvalue weighted by Gasteiger charge is -2.09. The van der Waals surface area contributed by atoms with Gasteiger partial charge in [0, 0.05) is 0 Å². The number of nitrogens with zero attached hydrogens (tertiary/aromatic N) is 1. The maximum absolute atomic E-state index is 10.2. The van der Waals surface area contributed by atoms with Gasteiger partial charge in [-0.2, -0.15) is 4.91 Å². The number of nitroso groups, excluding NO2 is 1. The summed E-state index contributed by atoms with van der Waals surface area (Å²) in [5, 5.41) is 3.06. The molecule has 0 N–H and O–H groups in total. The Balaban J connectivity index is 3.41.